The molecule has 1 aliphatic rings. The Kier molecular flexibility index (Phi) is 3.42. The predicted octanol–water partition coefficient (Wildman–Crippen LogP) is 1.94. The summed E-state index contributed by atoms with van der Waals surface area (Å²) in [4.78, 5) is 10.8. The van der Waals surface area contributed by atoms with Gasteiger partial charge in [0.05, 0.1) is 17.6 Å². The molecule has 1 N–H and O–H groups in total. The Labute approximate surface area is 136 Å². The zero-order valence-electron chi connectivity index (χ0n) is 12.5. The van der Waals surface area contributed by atoms with E-state index in [4.69, 9.17) is 19.3 Å². The van der Waals surface area contributed by atoms with Crippen LogP contribution in [0.4, 0.5) is 0 Å². The highest BCUT2D eigenvalue weighted by molar-refractivity contribution is 5.87. The fourth-order valence-electron chi connectivity index (χ4n) is 2.47. The van der Waals surface area contributed by atoms with Crippen LogP contribution >= 0.6 is 0 Å². The minimum atomic E-state index is -0.964. The number of fused-ring (bicyclic) bond motifs is 2. The summed E-state index contributed by atoms with van der Waals surface area (Å²) in [5.74, 6) is 0.983. The van der Waals surface area contributed by atoms with E-state index in [9.17, 15) is 4.79 Å². The zero-order valence-corrected chi connectivity index (χ0v) is 12.5. The molecular formula is C16H13N3O5. The first-order chi connectivity index (χ1) is 11.7. The average molecular weight is 327 g/mol. The van der Waals surface area contributed by atoms with Crippen LogP contribution in [0.5, 0.6) is 17.2 Å². The fourth-order valence-corrected chi connectivity index (χ4v) is 2.47. The lowest BCUT2D eigenvalue weighted by molar-refractivity contribution is 0.0697. The zero-order chi connectivity index (χ0) is 16.5. The van der Waals surface area contributed by atoms with Crippen LogP contribution in [0.3, 0.4) is 0 Å². The molecule has 0 unspecified atom stereocenters. The van der Waals surface area contributed by atoms with Crippen molar-refractivity contribution in [2.45, 2.75) is 6.54 Å². The highest BCUT2D eigenvalue weighted by Crippen LogP contribution is 2.35. The number of carboxylic acid groups (broad SMARTS) is 1. The number of aromatic carboxylic acids is 1. The molecule has 3 aromatic rings. The molecule has 24 heavy (non-hydrogen) atoms. The van der Waals surface area contributed by atoms with Crippen LogP contribution in [0.1, 0.15) is 10.4 Å². The molecule has 0 radical (unpaired) electrons. The first-order valence-electron chi connectivity index (χ1n) is 7.30. The van der Waals surface area contributed by atoms with Gasteiger partial charge in [-0.05, 0) is 24.3 Å². The third kappa shape index (κ3) is 2.58. The van der Waals surface area contributed by atoms with Crippen molar-refractivity contribution in [1.29, 1.82) is 0 Å². The number of benzene rings is 2. The van der Waals surface area contributed by atoms with Crippen molar-refractivity contribution in [3.63, 3.8) is 0 Å². The first-order valence-corrected chi connectivity index (χ1v) is 7.30. The number of carboxylic acids is 1. The molecule has 0 bridgehead atoms. The van der Waals surface area contributed by atoms with E-state index >= 15 is 0 Å². The molecule has 0 amide bonds. The molecule has 0 fully saturated rings. The van der Waals surface area contributed by atoms with Crippen molar-refractivity contribution in [2.24, 2.45) is 0 Å². The lowest BCUT2D eigenvalue weighted by atomic mass is 10.2. The minimum Gasteiger partial charge on any atom is -0.492 e. The molecule has 4 rings (SSSR count). The van der Waals surface area contributed by atoms with Crippen molar-refractivity contribution in [2.75, 3.05) is 13.4 Å². The third-order valence-electron chi connectivity index (χ3n) is 3.68. The molecular weight excluding hydrogens is 314 g/mol. The van der Waals surface area contributed by atoms with E-state index in [1.165, 1.54) is 12.1 Å². The van der Waals surface area contributed by atoms with Gasteiger partial charge < -0.3 is 19.3 Å². The van der Waals surface area contributed by atoms with Gasteiger partial charge in [-0.2, -0.15) is 0 Å². The fraction of sp³-hybridized carbons (Fsp3) is 0.188. The van der Waals surface area contributed by atoms with Gasteiger partial charge in [0.15, 0.2) is 11.5 Å². The van der Waals surface area contributed by atoms with E-state index < -0.39 is 5.97 Å². The summed E-state index contributed by atoms with van der Waals surface area (Å²) in [6, 6.07) is 9.90. The summed E-state index contributed by atoms with van der Waals surface area (Å²) in [5, 5.41) is 17.1. The molecule has 0 spiro atoms. The van der Waals surface area contributed by atoms with Gasteiger partial charge in [-0.25, -0.2) is 9.48 Å². The van der Waals surface area contributed by atoms with Gasteiger partial charge in [-0.15, -0.1) is 5.10 Å². The minimum absolute atomic E-state index is 0.213. The summed E-state index contributed by atoms with van der Waals surface area (Å²) >= 11 is 0. The van der Waals surface area contributed by atoms with E-state index in [2.05, 4.69) is 10.3 Å². The van der Waals surface area contributed by atoms with Gasteiger partial charge >= 0.3 is 5.97 Å². The number of rotatable bonds is 5. The Hall–Kier alpha value is -3.29. The summed E-state index contributed by atoms with van der Waals surface area (Å²) in [6.45, 7) is 1.08. The van der Waals surface area contributed by atoms with Crippen molar-refractivity contribution in [3.05, 3.63) is 42.0 Å². The lowest BCUT2D eigenvalue weighted by Crippen LogP contribution is -2.09. The second-order valence-corrected chi connectivity index (χ2v) is 5.18. The molecule has 2 heterocycles. The van der Waals surface area contributed by atoms with Gasteiger partial charge in [-0.1, -0.05) is 5.21 Å². The molecule has 8 heteroatoms. The van der Waals surface area contributed by atoms with Crippen molar-refractivity contribution in [3.8, 4) is 17.2 Å². The Morgan fingerprint density at radius 1 is 1.21 bits per heavy atom. The molecule has 1 aliphatic heterocycles. The van der Waals surface area contributed by atoms with Gasteiger partial charge in [0.1, 0.15) is 17.9 Å². The number of carbonyl (C=O) groups is 1. The second-order valence-electron chi connectivity index (χ2n) is 5.18. The lowest BCUT2D eigenvalue weighted by Gasteiger charge is -2.07. The number of nitrogens with zero attached hydrogens (tertiary/aromatic N) is 3. The van der Waals surface area contributed by atoms with E-state index in [0.717, 1.165) is 11.0 Å². The molecule has 0 atom stereocenters. The average Bonchev–Trinajstić information content (AvgIpc) is 3.20. The first kappa shape index (κ1) is 14.3. The summed E-state index contributed by atoms with van der Waals surface area (Å²) < 4.78 is 18.0. The molecule has 2 aromatic carbocycles. The SMILES string of the molecule is O=C(O)c1ccc(OCCn2nnc3cc4c(cc32)OCO4)cc1. The summed E-state index contributed by atoms with van der Waals surface area (Å²) in [6.07, 6.45) is 0. The molecule has 8 nitrogen and oxygen atoms in total. The van der Waals surface area contributed by atoms with E-state index in [0.29, 0.717) is 30.4 Å². The largest absolute Gasteiger partial charge is 0.492 e. The number of hydrogen-bond acceptors (Lipinski definition) is 6. The van der Waals surface area contributed by atoms with Crippen LogP contribution in [0.2, 0.25) is 0 Å². The van der Waals surface area contributed by atoms with E-state index in [1.54, 1.807) is 22.9 Å². The highest BCUT2D eigenvalue weighted by atomic mass is 16.7. The van der Waals surface area contributed by atoms with Crippen molar-refractivity contribution in [1.82, 2.24) is 15.0 Å². The van der Waals surface area contributed by atoms with E-state index in [-0.39, 0.29) is 12.4 Å². The maximum atomic E-state index is 10.8. The Morgan fingerprint density at radius 2 is 1.96 bits per heavy atom. The number of hydrogen-bond donors (Lipinski definition) is 1. The Morgan fingerprint density at radius 3 is 2.71 bits per heavy atom. The number of ether oxygens (including phenoxy) is 3. The summed E-state index contributed by atoms with van der Waals surface area (Å²) in [5.41, 5.74) is 1.79. The normalized spacial score (nSPS) is 12.5. The molecule has 0 saturated heterocycles. The standard InChI is InChI=1S/C16H13N3O5/c20-16(21)10-1-3-11(4-2-10)22-6-5-19-13-8-15-14(23-9-24-15)7-12(13)17-18-19/h1-4,7-8H,5-6,9H2,(H,20,21). The van der Waals surface area contributed by atoms with Gasteiger partial charge in [0.2, 0.25) is 6.79 Å². The van der Waals surface area contributed by atoms with Crippen LogP contribution < -0.4 is 14.2 Å². The molecule has 122 valence electrons. The number of aromatic nitrogens is 3. The van der Waals surface area contributed by atoms with Crippen LogP contribution in [0.25, 0.3) is 11.0 Å². The smallest absolute Gasteiger partial charge is 0.335 e. The van der Waals surface area contributed by atoms with Crippen LogP contribution in [-0.4, -0.2) is 39.5 Å². The van der Waals surface area contributed by atoms with E-state index in [1.807, 2.05) is 6.07 Å². The molecule has 1 aromatic heterocycles. The van der Waals surface area contributed by atoms with Crippen LogP contribution in [-0.2, 0) is 6.54 Å². The monoisotopic (exact) mass is 327 g/mol. The van der Waals surface area contributed by atoms with Crippen LogP contribution in [0.15, 0.2) is 36.4 Å². The third-order valence-corrected chi connectivity index (χ3v) is 3.68. The predicted molar refractivity (Wildman–Crippen MR) is 82.5 cm³/mol. The summed E-state index contributed by atoms with van der Waals surface area (Å²) in [7, 11) is 0. The van der Waals surface area contributed by atoms with Gasteiger partial charge in [-0.3, -0.25) is 0 Å². The Balaban J connectivity index is 1.44. The maximum absolute atomic E-state index is 10.8. The van der Waals surface area contributed by atoms with Crippen LogP contribution in [0, 0.1) is 0 Å². The van der Waals surface area contributed by atoms with Gasteiger partial charge in [0, 0.05) is 12.1 Å². The van der Waals surface area contributed by atoms with Crippen molar-refractivity contribution >= 4 is 17.0 Å². The second kappa shape index (κ2) is 5.73. The van der Waals surface area contributed by atoms with Gasteiger partial charge in [0.25, 0.3) is 0 Å². The maximum Gasteiger partial charge on any atom is 0.335 e. The highest BCUT2D eigenvalue weighted by Gasteiger charge is 2.17. The molecule has 0 saturated carbocycles. The van der Waals surface area contributed by atoms with Crippen molar-refractivity contribution < 1.29 is 24.1 Å². The molecule has 0 aliphatic carbocycles. The quantitative estimate of drug-likeness (QED) is 0.765. The topological polar surface area (TPSA) is 95.7 Å². The Bertz CT molecular complexity index is 904.